The van der Waals surface area contributed by atoms with Gasteiger partial charge in [0.2, 0.25) is 0 Å². The number of rotatable bonds is 5. The van der Waals surface area contributed by atoms with Crippen LogP contribution in [0.1, 0.15) is 44.7 Å². The highest BCUT2D eigenvalue weighted by Gasteiger charge is 2.32. The second-order valence-electron chi connectivity index (χ2n) is 5.44. The Balaban J connectivity index is 2.72. The zero-order valence-electron chi connectivity index (χ0n) is 11.2. The van der Waals surface area contributed by atoms with Gasteiger partial charge in [-0.1, -0.05) is 51.8 Å². The Labute approximate surface area is 107 Å². The van der Waals surface area contributed by atoms with Crippen molar-refractivity contribution in [2.75, 3.05) is 0 Å². The van der Waals surface area contributed by atoms with Crippen LogP contribution in [0.3, 0.4) is 0 Å². The first-order valence-electron chi connectivity index (χ1n) is 6.45. The fourth-order valence-corrected chi connectivity index (χ4v) is 2.07. The Bertz CT molecular complexity index is 366. The van der Waals surface area contributed by atoms with Crippen molar-refractivity contribution < 1.29 is 13.2 Å². The van der Waals surface area contributed by atoms with Crippen LogP contribution in [0.25, 0.3) is 0 Å². The average Bonchev–Trinajstić information content (AvgIpc) is 2.25. The summed E-state index contributed by atoms with van der Waals surface area (Å²) in [6.07, 6.45) is -1.70. The monoisotopic (exact) mass is 258 g/mol. The van der Waals surface area contributed by atoms with Crippen molar-refractivity contribution in [3.05, 3.63) is 35.4 Å². The summed E-state index contributed by atoms with van der Waals surface area (Å²) < 4.78 is 38.4. The van der Waals surface area contributed by atoms with E-state index in [9.17, 15) is 13.2 Å². The van der Waals surface area contributed by atoms with Crippen LogP contribution in [-0.4, -0.2) is 0 Å². The smallest absolute Gasteiger partial charge is 0.166 e. The first kappa shape index (κ1) is 15.1. The van der Waals surface area contributed by atoms with Gasteiger partial charge in [0, 0.05) is 0 Å². The van der Waals surface area contributed by atoms with Gasteiger partial charge in [-0.2, -0.15) is 13.2 Å². The molecule has 0 saturated carbocycles. The molecule has 0 nitrogen and oxygen atoms in total. The third kappa shape index (κ3) is 4.71. The Morgan fingerprint density at radius 1 is 1.00 bits per heavy atom. The highest BCUT2D eigenvalue weighted by molar-refractivity contribution is 5.29. The second kappa shape index (κ2) is 6.26. The third-order valence-corrected chi connectivity index (χ3v) is 3.13. The minimum atomic E-state index is -4.24. The SMILES string of the molecule is CC(C)CCC(C)Cc1ccccc1C(F)(F)F. The minimum absolute atomic E-state index is 0.288. The summed E-state index contributed by atoms with van der Waals surface area (Å²) in [4.78, 5) is 0. The predicted octanol–water partition coefficient (Wildman–Crippen LogP) is 5.32. The zero-order chi connectivity index (χ0) is 13.8. The van der Waals surface area contributed by atoms with E-state index in [1.165, 1.54) is 12.1 Å². The van der Waals surface area contributed by atoms with Crippen molar-refractivity contribution in [3.8, 4) is 0 Å². The van der Waals surface area contributed by atoms with E-state index in [0.29, 0.717) is 17.9 Å². The van der Waals surface area contributed by atoms with Crippen LogP contribution in [0.2, 0.25) is 0 Å². The lowest BCUT2D eigenvalue weighted by atomic mass is 9.91. The van der Waals surface area contributed by atoms with Gasteiger partial charge in [0.15, 0.2) is 0 Å². The molecular weight excluding hydrogens is 237 g/mol. The largest absolute Gasteiger partial charge is 0.416 e. The Morgan fingerprint density at radius 2 is 1.61 bits per heavy atom. The first-order valence-corrected chi connectivity index (χ1v) is 6.45. The molecular formula is C15H21F3. The van der Waals surface area contributed by atoms with Gasteiger partial charge < -0.3 is 0 Å². The van der Waals surface area contributed by atoms with Crippen LogP contribution in [0.15, 0.2) is 24.3 Å². The fraction of sp³-hybridized carbons (Fsp3) is 0.600. The average molecular weight is 258 g/mol. The van der Waals surface area contributed by atoms with E-state index < -0.39 is 11.7 Å². The number of alkyl halides is 3. The molecule has 102 valence electrons. The summed E-state index contributed by atoms with van der Waals surface area (Å²) in [5.41, 5.74) is -0.0670. The molecule has 0 bridgehead atoms. The summed E-state index contributed by atoms with van der Waals surface area (Å²) >= 11 is 0. The molecule has 0 fully saturated rings. The summed E-state index contributed by atoms with van der Waals surface area (Å²) in [6, 6.07) is 5.89. The normalized spacial score (nSPS) is 13.9. The molecule has 1 rings (SSSR count). The number of halogens is 3. The molecule has 18 heavy (non-hydrogen) atoms. The van der Waals surface area contributed by atoms with Gasteiger partial charge in [-0.05, 0) is 29.9 Å². The highest BCUT2D eigenvalue weighted by Crippen LogP contribution is 2.33. The molecule has 3 heteroatoms. The highest BCUT2D eigenvalue weighted by atomic mass is 19.4. The molecule has 0 aliphatic heterocycles. The third-order valence-electron chi connectivity index (χ3n) is 3.13. The van der Waals surface area contributed by atoms with Crippen LogP contribution < -0.4 is 0 Å². The van der Waals surface area contributed by atoms with Gasteiger partial charge in [0.05, 0.1) is 5.56 Å². The van der Waals surface area contributed by atoms with Crippen molar-refractivity contribution in [1.82, 2.24) is 0 Å². The number of hydrogen-bond donors (Lipinski definition) is 0. The molecule has 1 aromatic carbocycles. The van der Waals surface area contributed by atoms with Crippen molar-refractivity contribution in [2.24, 2.45) is 11.8 Å². The predicted molar refractivity (Wildman–Crippen MR) is 68.4 cm³/mol. The van der Waals surface area contributed by atoms with Gasteiger partial charge in [0.25, 0.3) is 0 Å². The molecule has 1 aromatic rings. The molecule has 0 aliphatic carbocycles. The molecule has 0 aromatic heterocycles. The van der Waals surface area contributed by atoms with E-state index in [4.69, 9.17) is 0 Å². The first-order chi connectivity index (χ1) is 8.30. The molecule has 0 radical (unpaired) electrons. The molecule has 0 heterocycles. The maximum Gasteiger partial charge on any atom is 0.416 e. The van der Waals surface area contributed by atoms with Crippen molar-refractivity contribution >= 4 is 0 Å². The summed E-state index contributed by atoms with van der Waals surface area (Å²) in [5, 5.41) is 0. The molecule has 0 amide bonds. The van der Waals surface area contributed by atoms with Gasteiger partial charge in [-0.3, -0.25) is 0 Å². The van der Waals surface area contributed by atoms with Gasteiger partial charge in [-0.15, -0.1) is 0 Å². The second-order valence-corrected chi connectivity index (χ2v) is 5.44. The number of benzene rings is 1. The lowest BCUT2D eigenvalue weighted by molar-refractivity contribution is -0.138. The molecule has 0 spiro atoms. The van der Waals surface area contributed by atoms with E-state index in [1.807, 2.05) is 6.92 Å². The van der Waals surface area contributed by atoms with Gasteiger partial charge in [-0.25, -0.2) is 0 Å². The Morgan fingerprint density at radius 3 is 2.17 bits per heavy atom. The molecule has 1 unspecified atom stereocenters. The lowest BCUT2D eigenvalue weighted by Gasteiger charge is -2.17. The fourth-order valence-electron chi connectivity index (χ4n) is 2.07. The Hall–Kier alpha value is -0.990. The van der Waals surface area contributed by atoms with Crippen LogP contribution in [-0.2, 0) is 12.6 Å². The van der Waals surface area contributed by atoms with E-state index >= 15 is 0 Å². The van der Waals surface area contributed by atoms with Crippen LogP contribution in [0.4, 0.5) is 13.2 Å². The van der Waals surface area contributed by atoms with Crippen molar-refractivity contribution in [1.29, 1.82) is 0 Å². The van der Waals surface area contributed by atoms with Gasteiger partial charge >= 0.3 is 6.18 Å². The van der Waals surface area contributed by atoms with Crippen LogP contribution in [0, 0.1) is 11.8 Å². The molecule has 1 atom stereocenters. The quantitative estimate of drug-likeness (QED) is 0.670. The van der Waals surface area contributed by atoms with E-state index in [-0.39, 0.29) is 5.92 Å². The topological polar surface area (TPSA) is 0 Å². The van der Waals surface area contributed by atoms with Crippen LogP contribution in [0.5, 0.6) is 0 Å². The maximum absolute atomic E-state index is 12.8. The molecule has 0 N–H and O–H groups in total. The van der Waals surface area contributed by atoms with E-state index in [1.54, 1.807) is 12.1 Å². The Kier molecular flexibility index (Phi) is 5.24. The van der Waals surface area contributed by atoms with E-state index in [2.05, 4.69) is 13.8 Å². The summed E-state index contributed by atoms with van der Waals surface area (Å²) in [7, 11) is 0. The standard InChI is InChI=1S/C15H21F3/c1-11(2)8-9-12(3)10-13-6-4-5-7-14(13)15(16,17)18/h4-7,11-12H,8-10H2,1-3H3. The van der Waals surface area contributed by atoms with Crippen molar-refractivity contribution in [3.63, 3.8) is 0 Å². The summed E-state index contributed by atoms with van der Waals surface area (Å²) in [5.74, 6) is 0.890. The maximum atomic E-state index is 12.8. The lowest BCUT2D eigenvalue weighted by Crippen LogP contribution is -2.11. The van der Waals surface area contributed by atoms with E-state index in [0.717, 1.165) is 12.8 Å². The zero-order valence-corrected chi connectivity index (χ0v) is 11.2. The van der Waals surface area contributed by atoms with Gasteiger partial charge in [0.1, 0.15) is 0 Å². The molecule has 0 saturated heterocycles. The number of hydrogen-bond acceptors (Lipinski definition) is 0. The minimum Gasteiger partial charge on any atom is -0.166 e. The van der Waals surface area contributed by atoms with Crippen molar-refractivity contribution in [2.45, 2.75) is 46.2 Å². The molecule has 0 aliphatic rings. The van der Waals surface area contributed by atoms with Crippen LogP contribution >= 0.6 is 0 Å². The summed E-state index contributed by atoms with van der Waals surface area (Å²) in [6.45, 7) is 6.29.